The smallest absolute Gasteiger partial charge is 0.326 e. The van der Waals surface area contributed by atoms with Gasteiger partial charge in [0.05, 0.1) is 6.61 Å². The number of methoxy groups -OCH3 is 1. The number of rotatable bonds is 7. The number of carboxylic acid groups (broad SMARTS) is 1. The highest BCUT2D eigenvalue weighted by Gasteiger charge is 2.55. The van der Waals surface area contributed by atoms with Crippen molar-refractivity contribution in [3.63, 3.8) is 0 Å². The maximum atomic E-state index is 13.3. The van der Waals surface area contributed by atoms with Gasteiger partial charge in [0.1, 0.15) is 11.6 Å². The van der Waals surface area contributed by atoms with E-state index in [0.717, 1.165) is 25.9 Å². The van der Waals surface area contributed by atoms with Crippen LogP contribution >= 0.6 is 0 Å². The third-order valence-electron chi connectivity index (χ3n) is 5.87. The highest BCUT2D eigenvalue weighted by Crippen LogP contribution is 2.38. The van der Waals surface area contributed by atoms with Gasteiger partial charge in [0.2, 0.25) is 5.91 Å². The fourth-order valence-electron chi connectivity index (χ4n) is 4.52. The molecular formula is C20H34N2O5. The lowest BCUT2D eigenvalue weighted by atomic mass is 9.72. The van der Waals surface area contributed by atoms with E-state index in [1.54, 1.807) is 41.7 Å². The third-order valence-corrected chi connectivity index (χ3v) is 5.87. The highest BCUT2D eigenvalue weighted by molar-refractivity contribution is 5.94. The van der Waals surface area contributed by atoms with Crippen molar-refractivity contribution in [3.8, 4) is 0 Å². The Morgan fingerprint density at radius 3 is 2.22 bits per heavy atom. The number of carboxylic acids is 1. The molecule has 2 bridgehead atoms. The van der Waals surface area contributed by atoms with Gasteiger partial charge in [-0.25, -0.2) is 4.79 Å². The topological polar surface area (TPSA) is 87.1 Å². The van der Waals surface area contributed by atoms with Gasteiger partial charge in [-0.3, -0.25) is 14.5 Å². The predicted molar refractivity (Wildman–Crippen MR) is 101 cm³/mol. The molecule has 3 heterocycles. The van der Waals surface area contributed by atoms with Crippen LogP contribution in [0.3, 0.4) is 0 Å². The van der Waals surface area contributed by atoms with Crippen LogP contribution in [0.2, 0.25) is 0 Å². The number of hydrogen-bond acceptors (Lipinski definition) is 5. The molecule has 3 rings (SSSR count). The highest BCUT2D eigenvalue weighted by atomic mass is 16.5. The minimum atomic E-state index is -1.04. The maximum absolute atomic E-state index is 13.3. The molecule has 0 spiro atoms. The first-order chi connectivity index (χ1) is 12.5. The van der Waals surface area contributed by atoms with Crippen molar-refractivity contribution in [2.45, 2.75) is 59.0 Å². The number of ketones is 1. The summed E-state index contributed by atoms with van der Waals surface area (Å²) in [6.45, 7) is 10.7. The first kappa shape index (κ1) is 21.8. The Labute approximate surface area is 162 Å². The quantitative estimate of drug-likeness (QED) is 0.720. The van der Waals surface area contributed by atoms with Crippen molar-refractivity contribution >= 4 is 17.7 Å². The summed E-state index contributed by atoms with van der Waals surface area (Å²) in [6.07, 6.45) is 1.65. The van der Waals surface area contributed by atoms with Crippen molar-refractivity contribution < 1.29 is 24.2 Å². The molecule has 2 atom stereocenters. The number of Topliss-reactive ketones (excluding diaryl/α,β-unsaturated/α-hetero) is 1. The largest absolute Gasteiger partial charge is 0.480 e. The molecule has 0 aromatic rings. The number of amides is 1. The zero-order valence-corrected chi connectivity index (χ0v) is 17.4. The van der Waals surface area contributed by atoms with Crippen molar-refractivity contribution in [3.05, 3.63) is 0 Å². The van der Waals surface area contributed by atoms with Gasteiger partial charge in [0, 0.05) is 25.0 Å². The molecule has 7 nitrogen and oxygen atoms in total. The minimum Gasteiger partial charge on any atom is -0.480 e. The second-order valence-electron chi connectivity index (χ2n) is 9.30. The summed E-state index contributed by atoms with van der Waals surface area (Å²) in [5, 5.41) is 9.85. The average molecular weight is 383 g/mol. The van der Waals surface area contributed by atoms with Crippen molar-refractivity contribution in [1.82, 2.24) is 9.80 Å². The Morgan fingerprint density at radius 2 is 1.85 bits per heavy atom. The standard InChI is InChI=1S/C20H34N2O5/c1-13(2)15(17(24)25)22(18(26)19(3,4)5)11-20(12-27-6)16(23)14-7-9-21(20)10-8-14/h13-15H,7-12H2,1-6H3,(H,24,25)/t15-,20?/m0/s1. The van der Waals surface area contributed by atoms with Crippen LogP contribution in [0.5, 0.6) is 0 Å². The number of carbonyl (C=O) groups excluding carboxylic acids is 2. The van der Waals surface area contributed by atoms with Crippen LogP contribution in [0.15, 0.2) is 0 Å². The van der Waals surface area contributed by atoms with E-state index in [4.69, 9.17) is 4.74 Å². The van der Waals surface area contributed by atoms with Crippen molar-refractivity contribution in [2.24, 2.45) is 17.3 Å². The molecule has 0 aromatic heterocycles. The van der Waals surface area contributed by atoms with Crippen LogP contribution in [-0.4, -0.2) is 77.5 Å². The number of piperidine rings is 3. The van der Waals surface area contributed by atoms with Crippen LogP contribution in [0.4, 0.5) is 0 Å². The lowest BCUT2D eigenvalue weighted by Crippen LogP contribution is -2.72. The molecular weight excluding hydrogens is 348 g/mol. The number of ether oxygens (including phenoxy) is 1. The molecule has 7 heteroatoms. The number of carbonyl (C=O) groups is 3. The maximum Gasteiger partial charge on any atom is 0.326 e. The zero-order chi connectivity index (χ0) is 20.6. The van der Waals surface area contributed by atoms with Gasteiger partial charge in [0.25, 0.3) is 0 Å². The van der Waals surface area contributed by atoms with Gasteiger partial charge in [-0.1, -0.05) is 34.6 Å². The number of hydrogen-bond donors (Lipinski definition) is 1. The molecule has 0 aromatic carbocycles. The number of aliphatic carboxylic acids is 1. The van der Waals surface area contributed by atoms with Crippen LogP contribution in [0.25, 0.3) is 0 Å². The Hall–Kier alpha value is -1.47. The molecule has 3 aliphatic heterocycles. The van der Waals surface area contributed by atoms with Crippen molar-refractivity contribution in [2.75, 3.05) is 33.4 Å². The Bertz CT molecular complexity index is 590. The van der Waals surface area contributed by atoms with E-state index in [-0.39, 0.29) is 36.7 Å². The normalized spacial score (nSPS) is 29.1. The third kappa shape index (κ3) is 4.04. The fraction of sp³-hybridized carbons (Fsp3) is 0.850. The van der Waals surface area contributed by atoms with Gasteiger partial charge in [-0.05, 0) is 31.8 Å². The second-order valence-corrected chi connectivity index (χ2v) is 9.30. The summed E-state index contributed by atoms with van der Waals surface area (Å²) in [4.78, 5) is 42.1. The molecule has 0 saturated carbocycles. The van der Waals surface area contributed by atoms with E-state index >= 15 is 0 Å². The first-order valence-electron chi connectivity index (χ1n) is 9.78. The average Bonchev–Trinajstić information content (AvgIpc) is 2.56. The lowest BCUT2D eigenvalue weighted by Gasteiger charge is -2.54. The number of nitrogens with zero attached hydrogens (tertiary/aromatic N) is 2. The summed E-state index contributed by atoms with van der Waals surface area (Å²) in [7, 11) is 1.55. The van der Waals surface area contributed by atoms with E-state index in [1.165, 1.54) is 4.90 Å². The molecule has 27 heavy (non-hydrogen) atoms. The molecule has 3 saturated heterocycles. The van der Waals surface area contributed by atoms with Gasteiger partial charge >= 0.3 is 5.97 Å². The molecule has 0 radical (unpaired) electrons. The predicted octanol–water partition coefficient (Wildman–Crippen LogP) is 1.65. The molecule has 1 amide bonds. The van der Waals surface area contributed by atoms with E-state index < -0.39 is 23.0 Å². The molecule has 1 unspecified atom stereocenters. The minimum absolute atomic E-state index is 0.0286. The summed E-state index contributed by atoms with van der Waals surface area (Å²) < 4.78 is 5.43. The van der Waals surface area contributed by atoms with E-state index in [2.05, 4.69) is 4.90 Å². The molecule has 154 valence electrons. The molecule has 3 fully saturated rings. The monoisotopic (exact) mass is 382 g/mol. The van der Waals surface area contributed by atoms with Gasteiger partial charge in [-0.2, -0.15) is 0 Å². The SMILES string of the molecule is COCC1(CN(C(=O)C(C)(C)C)[C@H](C(=O)O)C(C)C)C(=O)C2CCN1CC2. The number of fused-ring (bicyclic) bond motifs is 3. The Balaban J connectivity index is 2.49. The molecule has 1 N–H and O–H groups in total. The van der Waals surface area contributed by atoms with E-state index in [9.17, 15) is 19.5 Å². The summed E-state index contributed by atoms with van der Waals surface area (Å²) in [5.41, 5.74) is -1.71. The van der Waals surface area contributed by atoms with Gasteiger partial charge in [-0.15, -0.1) is 0 Å². The van der Waals surface area contributed by atoms with Gasteiger partial charge < -0.3 is 14.7 Å². The molecule has 3 aliphatic rings. The van der Waals surface area contributed by atoms with Crippen LogP contribution in [0, 0.1) is 17.3 Å². The van der Waals surface area contributed by atoms with Gasteiger partial charge in [0.15, 0.2) is 5.78 Å². The van der Waals surface area contributed by atoms with E-state index in [1.807, 2.05) is 0 Å². The summed E-state index contributed by atoms with van der Waals surface area (Å²) in [6, 6.07) is -0.986. The summed E-state index contributed by atoms with van der Waals surface area (Å²) >= 11 is 0. The van der Waals surface area contributed by atoms with Crippen LogP contribution in [0.1, 0.15) is 47.5 Å². The Morgan fingerprint density at radius 1 is 1.30 bits per heavy atom. The van der Waals surface area contributed by atoms with Crippen LogP contribution < -0.4 is 0 Å². The van der Waals surface area contributed by atoms with Crippen molar-refractivity contribution in [1.29, 1.82) is 0 Å². The summed E-state index contributed by atoms with van der Waals surface area (Å²) in [5.74, 6) is -1.52. The fourth-order valence-corrected chi connectivity index (χ4v) is 4.52. The lowest BCUT2D eigenvalue weighted by molar-refractivity contribution is -0.168. The zero-order valence-electron chi connectivity index (χ0n) is 17.4. The Kier molecular flexibility index (Phi) is 6.37. The first-order valence-corrected chi connectivity index (χ1v) is 9.78. The second kappa shape index (κ2) is 7.87. The molecule has 0 aliphatic carbocycles. The van der Waals surface area contributed by atoms with E-state index in [0.29, 0.717) is 0 Å². The van der Waals surface area contributed by atoms with Crippen LogP contribution in [-0.2, 0) is 19.1 Å².